The molecule has 1 fully saturated rings. The van der Waals surface area contributed by atoms with Crippen molar-refractivity contribution in [2.75, 3.05) is 13.1 Å². The van der Waals surface area contributed by atoms with E-state index < -0.39 is 0 Å². The molecule has 0 atom stereocenters. The maximum Gasteiger partial charge on any atom is 0.410 e. The number of nitrogens with zero attached hydrogens (tertiary/aromatic N) is 2. The molecule has 0 spiro atoms. The Labute approximate surface area is 102 Å². The fourth-order valence-electron chi connectivity index (χ4n) is 1.44. The molecule has 96 valence electrons. The van der Waals surface area contributed by atoms with Crippen LogP contribution in [0.1, 0.15) is 33.6 Å². The van der Waals surface area contributed by atoms with Crippen LogP contribution in [-0.2, 0) is 4.74 Å². The number of amides is 1. The van der Waals surface area contributed by atoms with E-state index in [1.54, 1.807) is 17.3 Å². The molecule has 0 bridgehead atoms. The second-order valence-electron chi connectivity index (χ2n) is 4.94. The molecule has 5 nitrogen and oxygen atoms in total. The summed E-state index contributed by atoms with van der Waals surface area (Å²) in [4.78, 5) is 13.1. The highest BCUT2D eigenvalue weighted by Crippen LogP contribution is 2.14. The zero-order chi connectivity index (χ0) is 12.7. The molecule has 0 radical (unpaired) electrons. The quantitative estimate of drug-likeness (QED) is 0.756. The van der Waals surface area contributed by atoms with E-state index in [9.17, 15) is 4.79 Å². The third-order valence-electron chi connectivity index (χ3n) is 2.16. The smallest absolute Gasteiger partial charge is 0.410 e. The van der Waals surface area contributed by atoms with Crippen molar-refractivity contribution in [1.82, 2.24) is 15.1 Å². The van der Waals surface area contributed by atoms with Gasteiger partial charge in [-0.1, -0.05) is 0 Å². The summed E-state index contributed by atoms with van der Waals surface area (Å²) in [6.07, 6.45) is 5.51. The number of hydrogen-bond acceptors (Lipinski definition) is 3. The van der Waals surface area contributed by atoms with Crippen molar-refractivity contribution in [3.05, 3.63) is 18.5 Å². The van der Waals surface area contributed by atoms with Crippen LogP contribution in [0.3, 0.4) is 0 Å². The topological polar surface area (TPSA) is 58.2 Å². The number of H-pyrrole nitrogens is 1. The summed E-state index contributed by atoms with van der Waals surface area (Å²) in [6.45, 7) is 7.38. The molecule has 1 aliphatic heterocycles. The Morgan fingerprint density at radius 3 is 2.35 bits per heavy atom. The molecule has 0 aliphatic carbocycles. The molecule has 1 N–H and O–H groups in total. The van der Waals surface area contributed by atoms with E-state index >= 15 is 0 Å². The van der Waals surface area contributed by atoms with Gasteiger partial charge in [-0.2, -0.15) is 5.10 Å². The van der Waals surface area contributed by atoms with Crippen molar-refractivity contribution < 1.29 is 9.53 Å². The van der Waals surface area contributed by atoms with Gasteiger partial charge in [0.05, 0.1) is 0 Å². The largest absolute Gasteiger partial charge is 0.444 e. The van der Waals surface area contributed by atoms with Gasteiger partial charge in [0.2, 0.25) is 0 Å². The van der Waals surface area contributed by atoms with Crippen molar-refractivity contribution in [2.45, 2.75) is 39.2 Å². The van der Waals surface area contributed by atoms with Gasteiger partial charge in [-0.15, -0.1) is 0 Å². The Bertz CT molecular complexity index is 294. The number of carbonyl (C=O) groups is 1. The summed E-state index contributed by atoms with van der Waals surface area (Å²) >= 11 is 0. The van der Waals surface area contributed by atoms with E-state index in [2.05, 4.69) is 10.2 Å². The Morgan fingerprint density at radius 2 is 2.00 bits per heavy atom. The van der Waals surface area contributed by atoms with Gasteiger partial charge in [0.25, 0.3) is 0 Å². The molecular formula is C12H21N3O2. The number of ether oxygens (including phenoxy) is 1. The lowest BCUT2D eigenvalue weighted by Gasteiger charge is -2.23. The summed E-state index contributed by atoms with van der Waals surface area (Å²) in [5.41, 5.74) is -0.361. The van der Waals surface area contributed by atoms with Crippen LogP contribution >= 0.6 is 0 Å². The van der Waals surface area contributed by atoms with Crippen molar-refractivity contribution >= 4 is 6.09 Å². The Balaban J connectivity index is 0.000000239. The third-order valence-corrected chi connectivity index (χ3v) is 2.16. The predicted octanol–water partition coefficient (Wildman–Crippen LogP) is 2.43. The van der Waals surface area contributed by atoms with Crippen LogP contribution in [0.4, 0.5) is 4.79 Å². The molecule has 17 heavy (non-hydrogen) atoms. The van der Waals surface area contributed by atoms with Gasteiger partial charge in [0.1, 0.15) is 5.60 Å². The van der Waals surface area contributed by atoms with Gasteiger partial charge >= 0.3 is 6.09 Å². The van der Waals surface area contributed by atoms with Crippen LogP contribution in [-0.4, -0.2) is 39.9 Å². The van der Waals surface area contributed by atoms with E-state index in [-0.39, 0.29) is 11.7 Å². The lowest BCUT2D eigenvalue weighted by atomic mass is 10.2. The summed E-state index contributed by atoms with van der Waals surface area (Å²) in [5.74, 6) is 0. The average molecular weight is 239 g/mol. The molecule has 1 amide bonds. The molecule has 2 heterocycles. The first-order valence-corrected chi connectivity index (χ1v) is 5.91. The third kappa shape index (κ3) is 5.94. The average Bonchev–Trinajstić information content (AvgIpc) is 2.93. The number of aromatic nitrogens is 2. The first-order chi connectivity index (χ1) is 7.99. The second kappa shape index (κ2) is 6.27. The molecule has 1 aromatic heterocycles. The van der Waals surface area contributed by atoms with E-state index in [0.717, 1.165) is 25.9 Å². The van der Waals surface area contributed by atoms with Gasteiger partial charge in [0.15, 0.2) is 0 Å². The fraction of sp³-hybridized carbons (Fsp3) is 0.667. The molecule has 1 aromatic rings. The van der Waals surface area contributed by atoms with Crippen molar-refractivity contribution in [2.24, 2.45) is 0 Å². The van der Waals surface area contributed by atoms with Gasteiger partial charge in [-0.05, 0) is 39.7 Å². The summed E-state index contributed by atoms with van der Waals surface area (Å²) in [7, 11) is 0. The molecule has 0 unspecified atom stereocenters. The van der Waals surface area contributed by atoms with Crippen LogP contribution in [0.25, 0.3) is 0 Å². The van der Waals surface area contributed by atoms with Gasteiger partial charge in [-0.3, -0.25) is 5.10 Å². The molecule has 1 saturated heterocycles. The highest BCUT2D eigenvalue weighted by atomic mass is 16.6. The number of hydrogen-bond donors (Lipinski definition) is 1. The minimum atomic E-state index is -0.361. The van der Waals surface area contributed by atoms with E-state index in [1.165, 1.54) is 0 Å². The normalized spacial score (nSPS) is 15.1. The highest BCUT2D eigenvalue weighted by Gasteiger charge is 2.23. The number of aromatic amines is 1. The molecule has 0 aromatic carbocycles. The van der Waals surface area contributed by atoms with Gasteiger partial charge < -0.3 is 9.64 Å². The second-order valence-corrected chi connectivity index (χ2v) is 4.94. The molecular weight excluding hydrogens is 218 g/mol. The van der Waals surface area contributed by atoms with Crippen molar-refractivity contribution in [3.8, 4) is 0 Å². The lowest BCUT2D eigenvalue weighted by molar-refractivity contribution is 0.0295. The molecule has 1 aliphatic rings. The van der Waals surface area contributed by atoms with Crippen molar-refractivity contribution in [1.29, 1.82) is 0 Å². The standard InChI is InChI=1S/C9H17NO2.C3H4N2/c1-9(2,3)12-8(11)10-6-4-5-7-10;1-2-4-5-3-1/h4-7H2,1-3H3;1-3H,(H,4,5). The number of nitrogens with one attached hydrogen (secondary N) is 1. The maximum atomic E-state index is 11.4. The van der Waals surface area contributed by atoms with E-state index in [1.807, 2.05) is 26.8 Å². The first kappa shape index (κ1) is 13.5. The molecule has 5 heteroatoms. The number of rotatable bonds is 0. The highest BCUT2D eigenvalue weighted by molar-refractivity contribution is 5.68. The zero-order valence-electron chi connectivity index (χ0n) is 10.8. The first-order valence-electron chi connectivity index (χ1n) is 5.91. The van der Waals surface area contributed by atoms with Crippen LogP contribution in [0, 0.1) is 0 Å². The minimum absolute atomic E-state index is 0.167. The van der Waals surface area contributed by atoms with Gasteiger partial charge in [-0.25, -0.2) is 4.79 Å². The maximum absolute atomic E-state index is 11.4. The van der Waals surface area contributed by atoms with E-state index in [4.69, 9.17) is 4.74 Å². The van der Waals surface area contributed by atoms with Crippen LogP contribution in [0.2, 0.25) is 0 Å². The minimum Gasteiger partial charge on any atom is -0.444 e. The van der Waals surface area contributed by atoms with Crippen LogP contribution in [0.5, 0.6) is 0 Å². The monoisotopic (exact) mass is 239 g/mol. The Kier molecular flexibility index (Phi) is 5.00. The SMILES string of the molecule is CC(C)(C)OC(=O)N1CCCC1.c1cn[nH]c1. The Morgan fingerprint density at radius 1 is 1.35 bits per heavy atom. The van der Waals surface area contributed by atoms with E-state index in [0.29, 0.717) is 0 Å². The number of carbonyl (C=O) groups excluding carboxylic acids is 1. The van der Waals surface area contributed by atoms with Crippen LogP contribution in [0.15, 0.2) is 18.5 Å². The van der Waals surface area contributed by atoms with Crippen molar-refractivity contribution in [3.63, 3.8) is 0 Å². The predicted molar refractivity (Wildman–Crippen MR) is 65.6 cm³/mol. The number of likely N-dealkylation sites (tertiary alicyclic amines) is 1. The van der Waals surface area contributed by atoms with Crippen LogP contribution < -0.4 is 0 Å². The molecule has 0 saturated carbocycles. The summed E-state index contributed by atoms with van der Waals surface area (Å²) in [5, 5.41) is 6.21. The summed E-state index contributed by atoms with van der Waals surface area (Å²) < 4.78 is 5.21. The lowest BCUT2D eigenvalue weighted by Crippen LogP contribution is -2.34. The fourth-order valence-corrected chi connectivity index (χ4v) is 1.44. The molecule has 2 rings (SSSR count). The summed E-state index contributed by atoms with van der Waals surface area (Å²) in [6, 6.07) is 1.83. The van der Waals surface area contributed by atoms with Gasteiger partial charge in [0, 0.05) is 25.5 Å². The Hall–Kier alpha value is -1.52. The zero-order valence-corrected chi connectivity index (χ0v) is 10.8.